The Labute approximate surface area is 206 Å². The van der Waals surface area contributed by atoms with Crippen LogP contribution in [-0.4, -0.2) is 43.0 Å². The van der Waals surface area contributed by atoms with Crippen LogP contribution in [0.3, 0.4) is 0 Å². The molecule has 0 spiro atoms. The predicted molar refractivity (Wildman–Crippen MR) is 133 cm³/mol. The molecule has 0 aliphatic carbocycles. The molecule has 0 aliphatic heterocycles. The van der Waals surface area contributed by atoms with Gasteiger partial charge in [-0.25, -0.2) is 4.98 Å². The van der Waals surface area contributed by atoms with Crippen LogP contribution in [-0.2, 0) is 16.0 Å². The van der Waals surface area contributed by atoms with E-state index < -0.39 is 11.9 Å². The Balaban J connectivity index is 1.52. The molecule has 0 unspecified atom stereocenters. The molecular weight excluding hydrogens is 466 g/mol. The normalized spacial score (nSPS) is 11.8. The lowest BCUT2D eigenvalue weighted by Gasteiger charge is -2.18. The first kappa shape index (κ1) is 23.8. The number of aryl methyl sites for hydroxylation is 1. The topological polar surface area (TPSA) is 115 Å². The van der Waals surface area contributed by atoms with E-state index in [1.54, 1.807) is 36.5 Å². The molecular formula is C25H22ClN7O2. The van der Waals surface area contributed by atoms with E-state index in [0.29, 0.717) is 28.5 Å². The van der Waals surface area contributed by atoms with Crippen molar-refractivity contribution in [3.8, 4) is 5.69 Å². The fraction of sp³-hybridized carbons (Fsp3) is 0.120. The summed E-state index contributed by atoms with van der Waals surface area (Å²) in [5, 5.41) is 17.2. The van der Waals surface area contributed by atoms with Gasteiger partial charge in [0.15, 0.2) is 0 Å². The second kappa shape index (κ2) is 11.2. The molecule has 2 amide bonds. The van der Waals surface area contributed by atoms with E-state index in [1.165, 1.54) is 17.1 Å². The van der Waals surface area contributed by atoms with E-state index >= 15 is 0 Å². The molecule has 0 saturated heterocycles. The number of hydrogen-bond acceptors (Lipinski definition) is 6. The lowest BCUT2D eigenvalue weighted by Crippen LogP contribution is -2.44. The summed E-state index contributed by atoms with van der Waals surface area (Å²) in [7, 11) is 0. The molecule has 2 aromatic heterocycles. The Morgan fingerprint density at radius 1 is 1.11 bits per heavy atom. The van der Waals surface area contributed by atoms with Crippen LogP contribution in [0.2, 0.25) is 5.02 Å². The van der Waals surface area contributed by atoms with E-state index in [-0.39, 0.29) is 5.91 Å². The van der Waals surface area contributed by atoms with Crippen molar-refractivity contribution in [1.29, 1.82) is 0 Å². The summed E-state index contributed by atoms with van der Waals surface area (Å²) >= 11 is 6.14. The van der Waals surface area contributed by atoms with Gasteiger partial charge >= 0.3 is 0 Å². The molecule has 4 rings (SSSR count). The molecule has 0 radical (unpaired) electrons. The number of hydrogen-bond donors (Lipinski definition) is 2. The fourth-order valence-electron chi connectivity index (χ4n) is 3.34. The first-order chi connectivity index (χ1) is 17.0. The van der Waals surface area contributed by atoms with Crippen molar-refractivity contribution in [3.05, 3.63) is 101 Å². The van der Waals surface area contributed by atoms with E-state index in [1.807, 2.05) is 43.3 Å². The Morgan fingerprint density at radius 2 is 1.94 bits per heavy atom. The van der Waals surface area contributed by atoms with Gasteiger partial charge in [0.2, 0.25) is 11.8 Å². The van der Waals surface area contributed by atoms with Crippen molar-refractivity contribution in [1.82, 2.24) is 30.5 Å². The van der Waals surface area contributed by atoms with Crippen molar-refractivity contribution < 1.29 is 9.59 Å². The summed E-state index contributed by atoms with van der Waals surface area (Å²) < 4.78 is 1.47. The Kier molecular flexibility index (Phi) is 7.59. The van der Waals surface area contributed by atoms with Gasteiger partial charge in [0.1, 0.15) is 18.2 Å². The highest BCUT2D eigenvalue weighted by atomic mass is 35.5. The van der Waals surface area contributed by atoms with Crippen LogP contribution in [0, 0.1) is 6.92 Å². The number of halogens is 1. The number of carbonyl (C=O) groups is 2. The standard InChI is InChI=1S/C25H22ClN7O2/c1-17-7-11-23(27-15-17)30-25(35)21(13-18-5-3-2-4-6-18)29-24(34)12-8-19-14-20(26)9-10-22(19)33-16-28-31-32-33/h2-12,14-16,21H,13H2,1H3,(H,29,34)(H,27,30,35)/b12-8+/t21-/m0/s1. The Hall–Kier alpha value is -4.37. The number of carbonyl (C=O) groups excluding carboxylic acids is 2. The number of aromatic nitrogens is 5. The highest BCUT2D eigenvalue weighted by Crippen LogP contribution is 2.20. The zero-order valence-electron chi connectivity index (χ0n) is 18.8. The maximum atomic E-state index is 13.0. The third kappa shape index (κ3) is 6.58. The first-order valence-electron chi connectivity index (χ1n) is 10.8. The maximum absolute atomic E-state index is 13.0. The van der Waals surface area contributed by atoms with E-state index in [2.05, 4.69) is 31.1 Å². The van der Waals surface area contributed by atoms with Gasteiger partial charge in [0.05, 0.1) is 5.69 Å². The number of pyridine rings is 1. The molecule has 2 N–H and O–H groups in total. The molecule has 2 heterocycles. The van der Waals surface area contributed by atoms with Crippen LogP contribution in [0.4, 0.5) is 5.82 Å². The van der Waals surface area contributed by atoms with Gasteiger partial charge in [-0.1, -0.05) is 48.0 Å². The third-order valence-electron chi connectivity index (χ3n) is 5.08. The van der Waals surface area contributed by atoms with Gasteiger partial charge in [0.25, 0.3) is 0 Å². The number of nitrogens with zero attached hydrogens (tertiary/aromatic N) is 5. The summed E-state index contributed by atoms with van der Waals surface area (Å²) in [6.45, 7) is 1.91. The number of rotatable bonds is 8. The minimum atomic E-state index is -0.823. The molecule has 2 aromatic carbocycles. The SMILES string of the molecule is Cc1ccc(NC(=O)[C@H](Cc2ccccc2)NC(=O)/C=C/c2cc(Cl)ccc2-n2cnnn2)nc1. The number of tetrazole rings is 1. The molecule has 0 fully saturated rings. The van der Waals surface area contributed by atoms with Gasteiger partial charge in [-0.15, -0.1) is 5.10 Å². The summed E-state index contributed by atoms with van der Waals surface area (Å²) in [6.07, 6.45) is 6.35. The van der Waals surface area contributed by atoms with Crippen molar-refractivity contribution in [3.63, 3.8) is 0 Å². The fourth-order valence-corrected chi connectivity index (χ4v) is 3.52. The second-order valence-electron chi connectivity index (χ2n) is 7.75. The zero-order valence-corrected chi connectivity index (χ0v) is 19.6. The van der Waals surface area contributed by atoms with E-state index in [9.17, 15) is 9.59 Å². The van der Waals surface area contributed by atoms with Crippen LogP contribution in [0.5, 0.6) is 0 Å². The van der Waals surface area contributed by atoms with Crippen LogP contribution >= 0.6 is 11.6 Å². The van der Waals surface area contributed by atoms with Gasteiger partial charge in [-0.3, -0.25) is 9.59 Å². The minimum absolute atomic E-state index is 0.311. The second-order valence-corrected chi connectivity index (χ2v) is 8.19. The Bertz CT molecular complexity index is 1320. The molecule has 35 heavy (non-hydrogen) atoms. The molecule has 4 aromatic rings. The monoisotopic (exact) mass is 487 g/mol. The van der Waals surface area contributed by atoms with Gasteiger partial charge in [-0.2, -0.15) is 4.68 Å². The van der Waals surface area contributed by atoms with Crippen LogP contribution in [0.15, 0.2) is 79.3 Å². The van der Waals surface area contributed by atoms with Gasteiger partial charge in [-0.05, 0) is 58.8 Å². The third-order valence-corrected chi connectivity index (χ3v) is 5.31. The molecule has 0 bridgehead atoms. The van der Waals surface area contributed by atoms with Crippen molar-refractivity contribution in [2.75, 3.05) is 5.32 Å². The van der Waals surface area contributed by atoms with E-state index in [0.717, 1.165) is 11.1 Å². The number of anilines is 1. The summed E-state index contributed by atoms with van der Waals surface area (Å²) in [5.41, 5.74) is 3.16. The summed E-state index contributed by atoms with van der Waals surface area (Å²) in [6, 6.07) is 17.3. The number of benzene rings is 2. The van der Waals surface area contributed by atoms with Crippen LogP contribution in [0.25, 0.3) is 11.8 Å². The number of amides is 2. The van der Waals surface area contributed by atoms with Crippen molar-refractivity contribution in [2.45, 2.75) is 19.4 Å². The molecule has 176 valence electrons. The predicted octanol–water partition coefficient (Wildman–Crippen LogP) is 3.40. The maximum Gasteiger partial charge on any atom is 0.248 e. The summed E-state index contributed by atoms with van der Waals surface area (Å²) in [4.78, 5) is 30.1. The quantitative estimate of drug-likeness (QED) is 0.368. The molecule has 0 aliphatic rings. The average molecular weight is 488 g/mol. The largest absolute Gasteiger partial charge is 0.340 e. The van der Waals surface area contributed by atoms with E-state index in [4.69, 9.17) is 11.6 Å². The van der Waals surface area contributed by atoms with Gasteiger partial charge < -0.3 is 10.6 Å². The molecule has 9 nitrogen and oxygen atoms in total. The molecule has 1 atom stereocenters. The lowest BCUT2D eigenvalue weighted by atomic mass is 10.0. The summed E-state index contributed by atoms with van der Waals surface area (Å²) in [5.74, 6) is -0.404. The molecule has 10 heteroatoms. The minimum Gasteiger partial charge on any atom is -0.340 e. The zero-order chi connectivity index (χ0) is 24.6. The first-order valence-corrected chi connectivity index (χ1v) is 11.1. The highest BCUT2D eigenvalue weighted by Gasteiger charge is 2.21. The van der Waals surface area contributed by atoms with Crippen molar-refractivity contribution in [2.24, 2.45) is 0 Å². The molecule has 0 saturated carbocycles. The lowest BCUT2D eigenvalue weighted by molar-refractivity contribution is -0.123. The smallest absolute Gasteiger partial charge is 0.248 e. The number of nitrogens with one attached hydrogen (secondary N) is 2. The van der Waals surface area contributed by atoms with Crippen LogP contribution in [0.1, 0.15) is 16.7 Å². The van der Waals surface area contributed by atoms with Crippen molar-refractivity contribution >= 4 is 35.3 Å². The van der Waals surface area contributed by atoms with Gasteiger partial charge in [0, 0.05) is 29.3 Å². The highest BCUT2D eigenvalue weighted by molar-refractivity contribution is 6.30. The average Bonchev–Trinajstić information content (AvgIpc) is 3.39. The van der Waals surface area contributed by atoms with Crippen LogP contribution < -0.4 is 10.6 Å². The Morgan fingerprint density at radius 3 is 2.66 bits per heavy atom.